The number of methoxy groups -OCH3 is 1. The number of rotatable bonds is 7. The second-order valence-corrected chi connectivity index (χ2v) is 6.69. The molecule has 1 fully saturated rings. The molecule has 0 radical (unpaired) electrons. The molecule has 0 aromatic carbocycles. The minimum absolute atomic E-state index is 0.260. The molecule has 0 atom stereocenters. The predicted molar refractivity (Wildman–Crippen MR) is 101 cm³/mol. The van der Waals surface area contributed by atoms with Gasteiger partial charge in [0.1, 0.15) is 5.75 Å². The van der Waals surface area contributed by atoms with Crippen LogP contribution in [0.15, 0.2) is 12.4 Å². The Bertz CT molecular complexity index is 784. The zero-order valence-electron chi connectivity index (χ0n) is 16.2. The molecule has 1 amide bonds. The first-order valence-corrected chi connectivity index (χ1v) is 9.19. The number of ether oxygens (including phenoxy) is 1. The number of nitrogens with one attached hydrogen (secondary N) is 2. The Morgan fingerprint density at radius 3 is 2.81 bits per heavy atom. The first-order valence-electron chi connectivity index (χ1n) is 9.19. The third-order valence-corrected chi connectivity index (χ3v) is 4.79. The van der Waals surface area contributed by atoms with E-state index in [1.54, 1.807) is 24.2 Å². The number of aromatic nitrogens is 4. The molecule has 0 unspecified atom stereocenters. The smallest absolute Gasteiger partial charge is 0.273 e. The summed E-state index contributed by atoms with van der Waals surface area (Å²) in [7, 11) is 1.64. The van der Waals surface area contributed by atoms with Crippen LogP contribution in [-0.2, 0) is 13.1 Å². The van der Waals surface area contributed by atoms with Gasteiger partial charge in [-0.1, -0.05) is 5.21 Å². The Balaban J connectivity index is 1.53. The van der Waals surface area contributed by atoms with Gasteiger partial charge in [0.25, 0.3) is 5.91 Å². The van der Waals surface area contributed by atoms with Crippen LogP contribution in [0.5, 0.6) is 5.75 Å². The summed E-state index contributed by atoms with van der Waals surface area (Å²) in [6, 6.07) is 0. The highest BCUT2D eigenvalue weighted by molar-refractivity contribution is 5.91. The predicted octanol–water partition coefficient (Wildman–Crippen LogP) is 0.134. The number of carbonyl (C=O) groups excluding carboxylic acids is 1. The van der Waals surface area contributed by atoms with E-state index in [1.165, 1.54) is 0 Å². The van der Waals surface area contributed by atoms with Crippen molar-refractivity contribution in [3.8, 4) is 5.75 Å². The summed E-state index contributed by atoms with van der Waals surface area (Å²) >= 11 is 0. The van der Waals surface area contributed by atoms with E-state index in [9.17, 15) is 4.79 Å². The summed E-state index contributed by atoms with van der Waals surface area (Å²) in [5.41, 5.74) is 2.99. The molecule has 9 nitrogen and oxygen atoms in total. The number of aryl methyl sites for hydroxylation is 1. The standard InChI is InChI=1S/C18H27N7O2/c1-13-10-20-15(14(2)17(13)27-3)11-21-18(26)16-12-25(23-22-16)9-8-24-6-4-19-5-7-24/h10,12,19H,4-9,11H2,1-3H3,(H,21,26). The van der Waals surface area contributed by atoms with E-state index in [1.807, 2.05) is 13.8 Å². The lowest BCUT2D eigenvalue weighted by Gasteiger charge is -2.26. The van der Waals surface area contributed by atoms with Crippen molar-refractivity contribution in [1.82, 2.24) is 35.5 Å². The SMILES string of the molecule is COc1c(C)cnc(CNC(=O)c2cn(CCN3CCNCC3)nn2)c1C. The average Bonchev–Trinajstić information content (AvgIpc) is 3.16. The Kier molecular flexibility index (Phi) is 6.36. The Hall–Kier alpha value is -2.52. The number of nitrogens with zero attached hydrogens (tertiary/aromatic N) is 5. The fourth-order valence-electron chi connectivity index (χ4n) is 3.19. The molecule has 0 bridgehead atoms. The molecule has 3 heterocycles. The maximum atomic E-state index is 12.4. The molecule has 2 N–H and O–H groups in total. The highest BCUT2D eigenvalue weighted by Crippen LogP contribution is 2.23. The van der Waals surface area contributed by atoms with Crippen molar-refractivity contribution in [1.29, 1.82) is 0 Å². The lowest BCUT2D eigenvalue weighted by Crippen LogP contribution is -2.44. The molecule has 0 aliphatic carbocycles. The van der Waals surface area contributed by atoms with Crippen LogP contribution in [0.4, 0.5) is 0 Å². The molecular formula is C18H27N7O2. The zero-order chi connectivity index (χ0) is 19.2. The number of piperazine rings is 1. The first-order chi connectivity index (χ1) is 13.1. The van der Waals surface area contributed by atoms with Crippen molar-refractivity contribution in [3.63, 3.8) is 0 Å². The van der Waals surface area contributed by atoms with Crippen LogP contribution in [0.25, 0.3) is 0 Å². The Morgan fingerprint density at radius 1 is 1.30 bits per heavy atom. The van der Waals surface area contributed by atoms with Crippen molar-refractivity contribution in [2.75, 3.05) is 39.8 Å². The summed E-state index contributed by atoms with van der Waals surface area (Å²) in [6.07, 6.45) is 3.44. The molecule has 1 aliphatic heterocycles. The molecule has 27 heavy (non-hydrogen) atoms. The summed E-state index contributed by atoms with van der Waals surface area (Å²) in [4.78, 5) is 19.1. The first kappa shape index (κ1) is 19.2. The minimum atomic E-state index is -0.260. The van der Waals surface area contributed by atoms with Gasteiger partial charge in [-0.05, 0) is 13.8 Å². The number of pyridine rings is 1. The third kappa shape index (κ3) is 4.81. The third-order valence-electron chi connectivity index (χ3n) is 4.79. The van der Waals surface area contributed by atoms with Crippen LogP contribution < -0.4 is 15.4 Å². The molecule has 146 valence electrons. The lowest BCUT2D eigenvalue weighted by atomic mass is 10.1. The Labute approximate surface area is 159 Å². The van der Waals surface area contributed by atoms with Gasteiger partial charge in [0.05, 0.1) is 32.1 Å². The molecular weight excluding hydrogens is 346 g/mol. The van der Waals surface area contributed by atoms with Gasteiger partial charge in [-0.15, -0.1) is 5.10 Å². The quantitative estimate of drug-likeness (QED) is 0.712. The van der Waals surface area contributed by atoms with E-state index in [0.29, 0.717) is 12.2 Å². The van der Waals surface area contributed by atoms with E-state index in [-0.39, 0.29) is 5.91 Å². The summed E-state index contributed by atoms with van der Waals surface area (Å²) < 4.78 is 7.12. The maximum absolute atomic E-state index is 12.4. The molecule has 0 saturated carbocycles. The van der Waals surface area contributed by atoms with E-state index in [2.05, 4.69) is 30.8 Å². The zero-order valence-corrected chi connectivity index (χ0v) is 16.2. The normalized spacial score (nSPS) is 14.9. The topological polar surface area (TPSA) is 97.2 Å². The van der Waals surface area contributed by atoms with Crippen molar-refractivity contribution in [2.45, 2.75) is 26.9 Å². The van der Waals surface area contributed by atoms with Crippen LogP contribution in [-0.4, -0.2) is 70.6 Å². The summed E-state index contributed by atoms with van der Waals surface area (Å²) in [5.74, 6) is 0.539. The molecule has 2 aromatic heterocycles. The van der Waals surface area contributed by atoms with Gasteiger partial charge in [-0.2, -0.15) is 0 Å². The van der Waals surface area contributed by atoms with E-state index in [0.717, 1.165) is 61.8 Å². The fraction of sp³-hybridized carbons (Fsp3) is 0.556. The summed E-state index contributed by atoms with van der Waals surface area (Å²) in [5, 5.41) is 14.2. The molecule has 3 rings (SSSR count). The van der Waals surface area contributed by atoms with Crippen molar-refractivity contribution in [3.05, 3.63) is 34.9 Å². The summed E-state index contributed by atoms with van der Waals surface area (Å²) in [6.45, 7) is 9.92. The Morgan fingerprint density at radius 2 is 2.07 bits per heavy atom. The minimum Gasteiger partial charge on any atom is -0.496 e. The van der Waals surface area contributed by atoms with Crippen LogP contribution in [0.1, 0.15) is 27.3 Å². The van der Waals surface area contributed by atoms with Gasteiger partial charge >= 0.3 is 0 Å². The van der Waals surface area contributed by atoms with E-state index < -0.39 is 0 Å². The molecule has 2 aromatic rings. The van der Waals surface area contributed by atoms with Gasteiger partial charge in [-0.25, -0.2) is 0 Å². The van der Waals surface area contributed by atoms with Gasteiger partial charge < -0.3 is 15.4 Å². The largest absolute Gasteiger partial charge is 0.496 e. The number of hydrogen-bond donors (Lipinski definition) is 2. The van der Waals surface area contributed by atoms with Gasteiger partial charge in [-0.3, -0.25) is 19.4 Å². The average molecular weight is 373 g/mol. The number of carbonyl (C=O) groups is 1. The monoisotopic (exact) mass is 373 g/mol. The van der Waals surface area contributed by atoms with Crippen LogP contribution in [0, 0.1) is 13.8 Å². The van der Waals surface area contributed by atoms with Crippen LogP contribution >= 0.6 is 0 Å². The van der Waals surface area contributed by atoms with E-state index >= 15 is 0 Å². The van der Waals surface area contributed by atoms with Gasteiger partial charge in [0.15, 0.2) is 5.69 Å². The lowest BCUT2D eigenvalue weighted by molar-refractivity contribution is 0.0945. The maximum Gasteiger partial charge on any atom is 0.273 e. The van der Waals surface area contributed by atoms with Crippen molar-refractivity contribution < 1.29 is 9.53 Å². The second kappa shape index (κ2) is 8.92. The molecule has 0 spiro atoms. The molecule has 1 saturated heterocycles. The van der Waals surface area contributed by atoms with Crippen LogP contribution in [0.2, 0.25) is 0 Å². The van der Waals surface area contributed by atoms with E-state index in [4.69, 9.17) is 4.74 Å². The number of amides is 1. The highest BCUT2D eigenvalue weighted by Gasteiger charge is 2.15. The van der Waals surface area contributed by atoms with Gasteiger partial charge in [0, 0.05) is 50.0 Å². The van der Waals surface area contributed by atoms with Crippen molar-refractivity contribution in [2.24, 2.45) is 0 Å². The number of hydrogen-bond acceptors (Lipinski definition) is 7. The molecule has 9 heteroatoms. The van der Waals surface area contributed by atoms with Crippen molar-refractivity contribution >= 4 is 5.91 Å². The fourth-order valence-corrected chi connectivity index (χ4v) is 3.19. The van der Waals surface area contributed by atoms with Gasteiger partial charge in [0.2, 0.25) is 0 Å². The highest BCUT2D eigenvalue weighted by atomic mass is 16.5. The molecule has 1 aliphatic rings. The second-order valence-electron chi connectivity index (χ2n) is 6.69. The van der Waals surface area contributed by atoms with Crippen LogP contribution in [0.3, 0.4) is 0 Å².